The molecule has 4 heterocycles. The third-order valence-corrected chi connectivity index (χ3v) is 3.56. The molecule has 2 bridgehead atoms. The van der Waals surface area contributed by atoms with Gasteiger partial charge in [-0.3, -0.25) is 4.98 Å². The lowest BCUT2D eigenvalue weighted by atomic mass is 9.82. The zero-order valence-corrected chi connectivity index (χ0v) is 8.51. The Bertz CT molecular complexity index is 387. The number of pyridine rings is 1. The van der Waals surface area contributed by atoms with Crippen LogP contribution in [0, 0.1) is 5.92 Å². The van der Waals surface area contributed by atoms with Crippen molar-refractivity contribution < 1.29 is 0 Å². The number of hydrogen-bond acceptors (Lipinski definition) is 2. The topological polar surface area (TPSA) is 16.1 Å². The third-order valence-electron chi connectivity index (χ3n) is 3.56. The summed E-state index contributed by atoms with van der Waals surface area (Å²) in [6.45, 7) is 4.58. The quantitative estimate of drug-likeness (QED) is 0.618. The van der Waals surface area contributed by atoms with E-state index in [0.29, 0.717) is 18.0 Å². The molecule has 2 unspecified atom stereocenters. The number of anilines is 1. The van der Waals surface area contributed by atoms with Gasteiger partial charge in [-0.1, -0.05) is 6.08 Å². The van der Waals surface area contributed by atoms with Crippen molar-refractivity contribution in [1.29, 1.82) is 0 Å². The van der Waals surface area contributed by atoms with Gasteiger partial charge in [0, 0.05) is 24.2 Å². The molecule has 1 saturated heterocycles. The highest BCUT2D eigenvalue weighted by molar-refractivity contribution is 5.70. The summed E-state index contributed by atoms with van der Waals surface area (Å²) in [6, 6.07) is 5.45. The van der Waals surface area contributed by atoms with Gasteiger partial charge in [0.05, 0.1) is 11.4 Å². The molecule has 1 aromatic rings. The van der Waals surface area contributed by atoms with E-state index in [4.69, 9.17) is 0 Å². The summed E-state index contributed by atoms with van der Waals surface area (Å²) in [4.78, 5) is 6.86. The standard InChI is InChI=1S/C12H14N2/c1-8-10-5-6-11-12(4-3-7-13-11)14(8)9(10)2/h3-10H,1-2H3. The van der Waals surface area contributed by atoms with Crippen LogP contribution < -0.4 is 4.90 Å². The van der Waals surface area contributed by atoms with E-state index in [1.54, 1.807) is 0 Å². The molecular formula is C12H14N2. The number of hydrogen-bond donors (Lipinski definition) is 0. The number of aromatic nitrogens is 1. The highest BCUT2D eigenvalue weighted by Crippen LogP contribution is 2.42. The van der Waals surface area contributed by atoms with Crippen LogP contribution in [0.4, 0.5) is 5.69 Å². The Kier molecular flexibility index (Phi) is 1.49. The lowest BCUT2D eigenvalue weighted by Crippen LogP contribution is -2.60. The fourth-order valence-electron chi connectivity index (χ4n) is 2.76. The molecule has 0 aromatic carbocycles. The van der Waals surface area contributed by atoms with E-state index in [9.17, 15) is 0 Å². The van der Waals surface area contributed by atoms with Gasteiger partial charge in [-0.15, -0.1) is 0 Å². The minimum absolute atomic E-state index is 0.631. The maximum Gasteiger partial charge on any atom is 0.0860 e. The van der Waals surface area contributed by atoms with E-state index >= 15 is 0 Å². The maximum absolute atomic E-state index is 4.40. The van der Waals surface area contributed by atoms with Gasteiger partial charge in [0.1, 0.15) is 0 Å². The molecule has 0 amide bonds. The van der Waals surface area contributed by atoms with Crippen LogP contribution in [0.15, 0.2) is 24.4 Å². The largest absolute Gasteiger partial charge is 0.363 e. The van der Waals surface area contributed by atoms with Gasteiger partial charge in [0.25, 0.3) is 0 Å². The average molecular weight is 186 g/mol. The molecule has 3 aliphatic heterocycles. The molecule has 2 heteroatoms. The molecule has 0 spiro atoms. The van der Waals surface area contributed by atoms with Crippen molar-refractivity contribution in [3.8, 4) is 0 Å². The molecule has 0 N–H and O–H groups in total. The van der Waals surface area contributed by atoms with Crippen molar-refractivity contribution in [2.45, 2.75) is 25.9 Å². The SMILES string of the molecule is CC1C2C=Cc3ncccc3N1C2C. The van der Waals surface area contributed by atoms with Crippen molar-refractivity contribution >= 4 is 11.8 Å². The van der Waals surface area contributed by atoms with Crippen LogP contribution >= 0.6 is 0 Å². The first kappa shape index (κ1) is 8.04. The van der Waals surface area contributed by atoms with Crippen molar-refractivity contribution in [2.24, 2.45) is 5.92 Å². The predicted molar refractivity (Wildman–Crippen MR) is 58.2 cm³/mol. The van der Waals surface area contributed by atoms with Crippen LogP contribution in [0.5, 0.6) is 0 Å². The Labute approximate surface area is 84.3 Å². The minimum atomic E-state index is 0.631. The van der Waals surface area contributed by atoms with Crippen molar-refractivity contribution in [3.63, 3.8) is 0 Å². The normalized spacial score (nSPS) is 33.3. The highest BCUT2D eigenvalue weighted by Gasteiger charge is 2.43. The Morgan fingerprint density at radius 2 is 2.07 bits per heavy atom. The van der Waals surface area contributed by atoms with Crippen LogP contribution in [-0.4, -0.2) is 17.1 Å². The molecule has 14 heavy (non-hydrogen) atoms. The van der Waals surface area contributed by atoms with Crippen LogP contribution in [-0.2, 0) is 0 Å². The molecule has 3 aliphatic rings. The molecule has 72 valence electrons. The summed E-state index contributed by atoms with van der Waals surface area (Å²) < 4.78 is 0. The van der Waals surface area contributed by atoms with Gasteiger partial charge in [-0.25, -0.2) is 0 Å². The second-order valence-corrected chi connectivity index (χ2v) is 4.23. The van der Waals surface area contributed by atoms with Crippen LogP contribution in [0.3, 0.4) is 0 Å². The predicted octanol–water partition coefficient (Wildman–Crippen LogP) is 2.32. The third kappa shape index (κ3) is 0.834. The van der Waals surface area contributed by atoms with Crippen molar-refractivity contribution in [1.82, 2.24) is 4.98 Å². The Balaban J connectivity index is 2.17. The first-order valence-corrected chi connectivity index (χ1v) is 5.20. The second-order valence-electron chi connectivity index (χ2n) is 4.23. The monoisotopic (exact) mass is 186 g/mol. The zero-order chi connectivity index (χ0) is 9.71. The van der Waals surface area contributed by atoms with Crippen molar-refractivity contribution in [3.05, 3.63) is 30.1 Å². The van der Waals surface area contributed by atoms with Gasteiger partial charge in [-0.2, -0.15) is 0 Å². The smallest absolute Gasteiger partial charge is 0.0860 e. The average Bonchev–Trinajstić information content (AvgIpc) is 2.44. The first-order valence-electron chi connectivity index (χ1n) is 5.20. The number of nitrogens with zero attached hydrogens (tertiary/aromatic N) is 2. The van der Waals surface area contributed by atoms with E-state index < -0.39 is 0 Å². The van der Waals surface area contributed by atoms with E-state index in [2.05, 4.69) is 41.9 Å². The van der Waals surface area contributed by atoms with Crippen LogP contribution in [0.2, 0.25) is 0 Å². The molecule has 2 atom stereocenters. The summed E-state index contributed by atoms with van der Waals surface area (Å²) >= 11 is 0. The van der Waals surface area contributed by atoms with Gasteiger partial charge < -0.3 is 4.90 Å². The summed E-state index contributed by atoms with van der Waals surface area (Å²) in [5, 5.41) is 0. The van der Waals surface area contributed by atoms with Gasteiger partial charge in [0.2, 0.25) is 0 Å². The lowest BCUT2D eigenvalue weighted by Gasteiger charge is -2.52. The van der Waals surface area contributed by atoms with Gasteiger partial charge in [0.15, 0.2) is 0 Å². The molecule has 1 aromatic heterocycles. The van der Waals surface area contributed by atoms with E-state index in [1.807, 2.05) is 12.3 Å². The first-order chi connectivity index (χ1) is 6.79. The minimum Gasteiger partial charge on any atom is -0.363 e. The number of rotatable bonds is 0. The molecule has 2 nitrogen and oxygen atoms in total. The second kappa shape index (κ2) is 2.59. The van der Waals surface area contributed by atoms with Crippen LogP contribution in [0.25, 0.3) is 6.08 Å². The summed E-state index contributed by atoms with van der Waals surface area (Å²) in [7, 11) is 0. The Hall–Kier alpha value is -1.31. The van der Waals surface area contributed by atoms with E-state index in [-0.39, 0.29) is 0 Å². The van der Waals surface area contributed by atoms with Gasteiger partial charge in [-0.05, 0) is 32.1 Å². The van der Waals surface area contributed by atoms with Crippen LogP contribution in [0.1, 0.15) is 19.5 Å². The molecule has 1 fully saturated rings. The molecule has 4 rings (SSSR count). The summed E-state index contributed by atoms with van der Waals surface area (Å²) in [6.07, 6.45) is 6.34. The Morgan fingerprint density at radius 3 is 2.86 bits per heavy atom. The zero-order valence-electron chi connectivity index (χ0n) is 8.51. The lowest BCUT2D eigenvalue weighted by molar-refractivity contribution is 0.290. The molecular weight excluding hydrogens is 172 g/mol. The molecule has 0 saturated carbocycles. The molecule has 0 radical (unpaired) electrons. The summed E-state index contributed by atoms with van der Waals surface area (Å²) in [5.74, 6) is 0.698. The van der Waals surface area contributed by atoms with E-state index in [1.165, 1.54) is 5.69 Å². The highest BCUT2D eigenvalue weighted by atomic mass is 15.3. The molecule has 0 aliphatic carbocycles. The fraction of sp³-hybridized carbons (Fsp3) is 0.417. The summed E-state index contributed by atoms with van der Waals surface area (Å²) in [5.41, 5.74) is 2.41. The fourth-order valence-corrected chi connectivity index (χ4v) is 2.76. The van der Waals surface area contributed by atoms with E-state index in [0.717, 1.165) is 5.69 Å². The van der Waals surface area contributed by atoms with Gasteiger partial charge >= 0.3 is 0 Å². The Morgan fingerprint density at radius 1 is 1.29 bits per heavy atom. The van der Waals surface area contributed by atoms with Crippen molar-refractivity contribution in [2.75, 3.05) is 4.90 Å². The maximum atomic E-state index is 4.40.